The Bertz CT molecular complexity index is 520. The second-order valence-corrected chi connectivity index (χ2v) is 4.08. The summed E-state index contributed by atoms with van der Waals surface area (Å²) in [6.45, 7) is 2.46. The maximum atomic E-state index is 11.0. The first kappa shape index (κ1) is 12.4. The Morgan fingerprint density at radius 2 is 2.11 bits per heavy atom. The molecule has 4 nitrogen and oxygen atoms in total. The zero-order chi connectivity index (χ0) is 13.0. The van der Waals surface area contributed by atoms with Gasteiger partial charge in [0.25, 0.3) is 0 Å². The zero-order valence-corrected chi connectivity index (χ0v) is 10.1. The molecule has 1 aromatic heterocycles. The lowest BCUT2D eigenvalue weighted by atomic mass is 10.1. The molecule has 0 spiro atoms. The van der Waals surface area contributed by atoms with Crippen molar-refractivity contribution in [3.8, 4) is 0 Å². The van der Waals surface area contributed by atoms with Gasteiger partial charge in [0.15, 0.2) is 0 Å². The smallest absolute Gasteiger partial charge is 0.336 e. The number of furan rings is 1. The molecule has 0 aliphatic carbocycles. The fourth-order valence-electron chi connectivity index (χ4n) is 1.78. The molecule has 2 N–H and O–H groups in total. The molecule has 1 aromatic carbocycles. The Morgan fingerprint density at radius 3 is 2.78 bits per heavy atom. The highest BCUT2D eigenvalue weighted by Crippen LogP contribution is 2.14. The normalized spacial score (nSPS) is 12.3. The molecule has 0 saturated carbocycles. The van der Waals surface area contributed by atoms with Gasteiger partial charge in [0.1, 0.15) is 5.76 Å². The molecule has 0 bridgehead atoms. The van der Waals surface area contributed by atoms with Gasteiger partial charge in [0.2, 0.25) is 0 Å². The van der Waals surface area contributed by atoms with Gasteiger partial charge >= 0.3 is 5.97 Å². The van der Waals surface area contributed by atoms with E-state index in [2.05, 4.69) is 5.32 Å². The summed E-state index contributed by atoms with van der Waals surface area (Å²) in [5.41, 5.74) is 1.10. The van der Waals surface area contributed by atoms with E-state index >= 15 is 0 Å². The largest absolute Gasteiger partial charge is 0.478 e. The molecule has 0 aliphatic rings. The molecule has 1 atom stereocenters. The van der Waals surface area contributed by atoms with E-state index in [1.165, 1.54) is 0 Å². The van der Waals surface area contributed by atoms with Crippen molar-refractivity contribution >= 4 is 5.97 Å². The van der Waals surface area contributed by atoms with Crippen molar-refractivity contribution in [3.05, 3.63) is 59.5 Å². The van der Waals surface area contributed by atoms with E-state index in [0.717, 1.165) is 11.3 Å². The lowest BCUT2D eigenvalue weighted by Gasteiger charge is -2.12. The molecule has 4 heteroatoms. The minimum atomic E-state index is -0.905. The molecular formula is C14H15NO3. The fourth-order valence-corrected chi connectivity index (χ4v) is 1.78. The molecule has 0 amide bonds. The van der Waals surface area contributed by atoms with Crippen LogP contribution in [0.3, 0.4) is 0 Å². The quantitative estimate of drug-likeness (QED) is 0.850. The van der Waals surface area contributed by atoms with Gasteiger partial charge in [-0.3, -0.25) is 0 Å². The summed E-state index contributed by atoms with van der Waals surface area (Å²) in [6.07, 6.45) is 1.62. The van der Waals surface area contributed by atoms with E-state index in [-0.39, 0.29) is 6.04 Å². The first-order valence-electron chi connectivity index (χ1n) is 5.76. The van der Waals surface area contributed by atoms with Crippen LogP contribution in [0.2, 0.25) is 0 Å². The lowest BCUT2D eigenvalue weighted by Crippen LogP contribution is -2.19. The number of nitrogens with one attached hydrogen (secondary N) is 1. The minimum Gasteiger partial charge on any atom is -0.478 e. The van der Waals surface area contributed by atoms with Crippen LogP contribution in [0.5, 0.6) is 0 Å². The number of hydrogen-bond acceptors (Lipinski definition) is 3. The predicted molar refractivity (Wildman–Crippen MR) is 67.4 cm³/mol. The molecule has 0 aliphatic heterocycles. The van der Waals surface area contributed by atoms with Crippen LogP contribution in [0.4, 0.5) is 0 Å². The highest BCUT2D eigenvalue weighted by molar-refractivity contribution is 5.89. The standard InChI is InChI=1S/C14H15NO3/c1-10(13-7-4-8-18-13)15-9-11-5-2-3-6-12(11)14(16)17/h2-8,10,15H,9H2,1H3,(H,16,17). The van der Waals surface area contributed by atoms with Crippen molar-refractivity contribution in [3.63, 3.8) is 0 Å². The molecule has 18 heavy (non-hydrogen) atoms. The molecule has 2 rings (SSSR count). The van der Waals surface area contributed by atoms with Crippen molar-refractivity contribution in [2.24, 2.45) is 0 Å². The average molecular weight is 245 g/mol. The Morgan fingerprint density at radius 1 is 1.33 bits per heavy atom. The monoisotopic (exact) mass is 245 g/mol. The number of rotatable bonds is 5. The highest BCUT2D eigenvalue weighted by Gasteiger charge is 2.11. The van der Waals surface area contributed by atoms with E-state index < -0.39 is 5.97 Å². The Hall–Kier alpha value is -2.07. The number of carboxylic acid groups (broad SMARTS) is 1. The van der Waals surface area contributed by atoms with Gasteiger partial charge < -0.3 is 14.8 Å². The first-order chi connectivity index (χ1) is 8.68. The number of hydrogen-bond donors (Lipinski definition) is 2. The summed E-state index contributed by atoms with van der Waals surface area (Å²) in [5.74, 6) is -0.0687. The van der Waals surface area contributed by atoms with Crippen LogP contribution in [-0.2, 0) is 6.54 Å². The minimum absolute atomic E-state index is 0.0434. The van der Waals surface area contributed by atoms with Crippen molar-refractivity contribution in [2.75, 3.05) is 0 Å². The average Bonchev–Trinajstić information content (AvgIpc) is 2.90. The lowest BCUT2D eigenvalue weighted by molar-refractivity contribution is 0.0695. The van der Waals surface area contributed by atoms with Gasteiger partial charge in [-0.25, -0.2) is 4.79 Å². The van der Waals surface area contributed by atoms with E-state index in [4.69, 9.17) is 9.52 Å². The Kier molecular flexibility index (Phi) is 3.79. The zero-order valence-electron chi connectivity index (χ0n) is 10.1. The molecule has 2 aromatic rings. The van der Waals surface area contributed by atoms with E-state index in [0.29, 0.717) is 12.1 Å². The van der Waals surface area contributed by atoms with Crippen LogP contribution in [0.15, 0.2) is 47.1 Å². The van der Waals surface area contributed by atoms with E-state index in [9.17, 15) is 4.79 Å². The molecule has 1 unspecified atom stereocenters. The third-order valence-corrected chi connectivity index (χ3v) is 2.82. The molecule has 0 saturated heterocycles. The van der Waals surface area contributed by atoms with Gasteiger partial charge in [-0.05, 0) is 30.7 Å². The summed E-state index contributed by atoms with van der Waals surface area (Å²) in [7, 11) is 0. The Balaban J connectivity index is 2.04. The summed E-state index contributed by atoms with van der Waals surface area (Å²) >= 11 is 0. The van der Waals surface area contributed by atoms with Crippen LogP contribution >= 0.6 is 0 Å². The van der Waals surface area contributed by atoms with Crippen LogP contribution in [0.25, 0.3) is 0 Å². The number of benzene rings is 1. The maximum Gasteiger partial charge on any atom is 0.336 e. The predicted octanol–water partition coefficient (Wildman–Crippen LogP) is 2.83. The van der Waals surface area contributed by atoms with Crippen LogP contribution in [0.1, 0.15) is 34.6 Å². The second kappa shape index (κ2) is 5.51. The highest BCUT2D eigenvalue weighted by atomic mass is 16.4. The van der Waals surface area contributed by atoms with Crippen LogP contribution < -0.4 is 5.32 Å². The summed E-state index contributed by atoms with van der Waals surface area (Å²) in [5, 5.41) is 12.3. The SMILES string of the molecule is CC(NCc1ccccc1C(=O)O)c1ccco1. The van der Waals surface area contributed by atoms with Crippen molar-refractivity contribution < 1.29 is 14.3 Å². The third-order valence-electron chi connectivity index (χ3n) is 2.82. The number of carboxylic acids is 1. The molecule has 94 valence electrons. The van der Waals surface area contributed by atoms with Crippen molar-refractivity contribution in [2.45, 2.75) is 19.5 Å². The Labute approximate surface area is 105 Å². The fraction of sp³-hybridized carbons (Fsp3) is 0.214. The molecule has 1 heterocycles. The van der Waals surface area contributed by atoms with Gasteiger partial charge in [-0.2, -0.15) is 0 Å². The number of carbonyl (C=O) groups is 1. The summed E-state index contributed by atoms with van der Waals surface area (Å²) < 4.78 is 5.28. The van der Waals surface area contributed by atoms with Crippen LogP contribution in [0, 0.1) is 0 Å². The van der Waals surface area contributed by atoms with Gasteiger partial charge in [-0.1, -0.05) is 18.2 Å². The molecule has 0 fully saturated rings. The third kappa shape index (κ3) is 2.78. The van der Waals surface area contributed by atoms with Gasteiger partial charge in [-0.15, -0.1) is 0 Å². The number of aromatic carboxylic acids is 1. The van der Waals surface area contributed by atoms with E-state index in [1.54, 1.807) is 18.4 Å². The van der Waals surface area contributed by atoms with Crippen molar-refractivity contribution in [1.82, 2.24) is 5.32 Å². The maximum absolute atomic E-state index is 11.0. The summed E-state index contributed by atoms with van der Waals surface area (Å²) in [4.78, 5) is 11.0. The molecular weight excluding hydrogens is 230 g/mol. The second-order valence-electron chi connectivity index (χ2n) is 4.08. The molecule has 0 radical (unpaired) electrons. The van der Waals surface area contributed by atoms with Gasteiger partial charge in [0.05, 0.1) is 17.9 Å². The van der Waals surface area contributed by atoms with Crippen molar-refractivity contribution in [1.29, 1.82) is 0 Å². The van der Waals surface area contributed by atoms with Crippen LogP contribution in [-0.4, -0.2) is 11.1 Å². The topological polar surface area (TPSA) is 62.5 Å². The summed E-state index contributed by atoms with van der Waals surface area (Å²) in [6, 6.07) is 10.7. The first-order valence-corrected chi connectivity index (χ1v) is 5.76. The van der Waals surface area contributed by atoms with Gasteiger partial charge in [0, 0.05) is 6.54 Å². The van der Waals surface area contributed by atoms with E-state index in [1.807, 2.05) is 31.2 Å².